The van der Waals surface area contributed by atoms with Crippen LogP contribution in [-0.4, -0.2) is 36.9 Å². The van der Waals surface area contributed by atoms with Gasteiger partial charge in [-0.2, -0.15) is 5.26 Å². The van der Waals surface area contributed by atoms with Crippen LogP contribution < -0.4 is 15.8 Å². The summed E-state index contributed by atoms with van der Waals surface area (Å²) >= 11 is 0. The zero-order valence-electron chi connectivity index (χ0n) is 12.5. The molecular weight excluding hydrogens is 284 g/mol. The van der Waals surface area contributed by atoms with E-state index in [1.807, 2.05) is 0 Å². The van der Waals surface area contributed by atoms with Crippen LogP contribution in [-0.2, 0) is 9.59 Å². The molecule has 116 valence electrons. The van der Waals surface area contributed by atoms with Crippen LogP contribution in [0, 0.1) is 11.3 Å². The van der Waals surface area contributed by atoms with Crippen LogP contribution in [0.3, 0.4) is 0 Å². The number of hydrogen-bond donors (Lipinski definition) is 2. The van der Waals surface area contributed by atoms with E-state index in [-0.39, 0.29) is 24.6 Å². The van der Waals surface area contributed by atoms with Crippen molar-refractivity contribution < 1.29 is 14.3 Å². The zero-order valence-corrected chi connectivity index (χ0v) is 12.5. The summed E-state index contributed by atoms with van der Waals surface area (Å²) in [6.45, 7) is 1.80. The third-order valence-corrected chi connectivity index (χ3v) is 2.77. The molecule has 22 heavy (non-hydrogen) atoms. The number of nitrogens with two attached hydrogens (primary N) is 1. The number of benzene rings is 1. The fraction of sp³-hybridized carbons (Fsp3) is 0.267. The van der Waals surface area contributed by atoms with Gasteiger partial charge >= 0.3 is 0 Å². The Morgan fingerprint density at radius 1 is 1.41 bits per heavy atom. The second-order valence-electron chi connectivity index (χ2n) is 4.34. The van der Waals surface area contributed by atoms with Crippen LogP contribution in [0.5, 0.6) is 5.75 Å². The summed E-state index contributed by atoms with van der Waals surface area (Å²) in [6, 6.07) is 8.44. The molecule has 0 fully saturated rings. The molecule has 0 aliphatic heterocycles. The molecule has 1 aromatic rings. The predicted molar refractivity (Wildman–Crippen MR) is 81.8 cm³/mol. The van der Waals surface area contributed by atoms with Gasteiger partial charge in [0, 0.05) is 31.9 Å². The number of amides is 2. The van der Waals surface area contributed by atoms with E-state index in [4.69, 9.17) is 15.7 Å². The van der Waals surface area contributed by atoms with Gasteiger partial charge in [0.15, 0.2) is 0 Å². The molecule has 0 spiro atoms. The second kappa shape index (κ2) is 8.44. The summed E-state index contributed by atoms with van der Waals surface area (Å²) < 4.78 is 5.02. The lowest BCUT2D eigenvalue weighted by atomic mass is 10.2. The second-order valence-corrected chi connectivity index (χ2v) is 4.34. The van der Waals surface area contributed by atoms with Crippen LogP contribution >= 0.6 is 0 Å². The molecule has 0 aromatic heterocycles. The molecule has 0 aliphatic carbocycles. The lowest BCUT2D eigenvalue weighted by molar-refractivity contribution is -0.126. The number of methoxy groups -OCH3 is 1. The Morgan fingerprint density at radius 2 is 2.05 bits per heavy atom. The van der Waals surface area contributed by atoms with Gasteiger partial charge in [-0.3, -0.25) is 9.59 Å². The van der Waals surface area contributed by atoms with E-state index in [1.54, 1.807) is 30.3 Å². The summed E-state index contributed by atoms with van der Waals surface area (Å²) in [7, 11) is 1.54. The van der Waals surface area contributed by atoms with Gasteiger partial charge in [0.25, 0.3) is 5.91 Å². The normalized spacial score (nSPS) is 10.5. The molecule has 7 nitrogen and oxygen atoms in total. The van der Waals surface area contributed by atoms with E-state index in [0.717, 1.165) is 0 Å². The third-order valence-electron chi connectivity index (χ3n) is 2.77. The van der Waals surface area contributed by atoms with E-state index in [1.165, 1.54) is 25.1 Å². The van der Waals surface area contributed by atoms with Crippen molar-refractivity contribution in [1.82, 2.24) is 4.90 Å². The van der Waals surface area contributed by atoms with Crippen molar-refractivity contribution in [2.24, 2.45) is 5.73 Å². The molecule has 1 aromatic carbocycles. The van der Waals surface area contributed by atoms with Crippen molar-refractivity contribution in [3.63, 3.8) is 0 Å². The van der Waals surface area contributed by atoms with E-state index in [0.29, 0.717) is 11.4 Å². The molecule has 0 saturated carbocycles. The first-order chi connectivity index (χ1) is 10.5. The van der Waals surface area contributed by atoms with Gasteiger partial charge in [-0.05, 0) is 24.3 Å². The number of hydrogen-bond acceptors (Lipinski definition) is 5. The van der Waals surface area contributed by atoms with Gasteiger partial charge < -0.3 is 20.7 Å². The van der Waals surface area contributed by atoms with Gasteiger partial charge in [-0.25, -0.2) is 0 Å². The minimum absolute atomic E-state index is 0.181. The maximum absolute atomic E-state index is 12.1. The fourth-order valence-electron chi connectivity index (χ4n) is 1.62. The smallest absolute Gasteiger partial charge is 0.267 e. The molecule has 0 unspecified atom stereocenters. The van der Waals surface area contributed by atoms with Crippen molar-refractivity contribution in [2.75, 3.05) is 25.5 Å². The Kier molecular flexibility index (Phi) is 6.60. The maximum atomic E-state index is 12.1. The van der Waals surface area contributed by atoms with Crippen LogP contribution in [0.25, 0.3) is 0 Å². The summed E-state index contributed by atoms with van der Waals surface area (Å²) in [5.74, 6) is -0.244. The first kappa shape index (κ1) is 17.2. The van der Waals surface area contributed by atoms with E-state index in [2.05, 4.69) is 5.32 Å². The number of ether oxygens (including phenoxy) is 1. The highest BCUT2D eigenvalue weighted by Gasteiger charge is 2.13. The van der Waals surface area contributed by atoms with Crippen molar-refractivity contribution in [2.45, 2.75) is 6.92 Å². The fourth-order valence-corrected chi connectivity index (χ4v) is 1.62. The molecule has 0 bridgehead atoms. The first-order valence-corrected chi connectivity index (χ1v) is 6.56. The number of nitrogens with zero attached hydrogens (tertiary/aromatic N) is 2. The number of nitriles is 1. The molecule has 7 heteroatoms. The molecule has 0 heterocycles. The van der Waals surface area contributed by atoms with Gasteiger partial charge in [0.05, 0.1) is 7.11 Å². The SMILES string of the molecule is COc1ccc(NC(=O)/C(C#N)=C\N(CCN)C(C)=O)cc1. The average molecular weight is 302 g/mol. The summed E-state index contributed by atoms with van der Waals surface area (Å²) in [5.41, 5.74) is 5.73. The van der Waals surface area contributed by atoms with Crippen molar-refractivity contribution in [1.29, 1.82) is 5.26 Å². The molecule has 0 aliphatic rings. The van der Waals surface area contributed by atoms with Gasteiger partial charge in [-0.15, -0.1) is 0 Å². The Hall–Kier alpha value is -2.85. The molecule has 3 N–H and O–H groups in total. The molecule has 2 amide bonds. The lowest BCUT2D eigenvalue weighted by Crippen LogP contribution is -2.30. The summed E-state index contributed by atoms with van der Waals surface area (Å²) in [4.78, 5) is 24.7. The maximum Gasteiger partial charge on any atom is 0.267 e. The van der Waals surface area contributed by atoms with Crippen molar-refractivity contribution >= 4 is 17.5 Å². The molecule has 0 radical (unpaired) electrons. The Labute approximate surface area is 129 Å². The van der Waals surface area contributed by atoms with Crippen molar-refractivity contribution in [3.8, 4) is 11.8 Å². The lowest BCUT2D eigenvalue weighted by Gasteiger charge is -2.15. The Morgan fingerprint density at radius 3 is 2.50 bits per heavy atom. The number of carbonyl (C=O) groups excluding carboxylic acids is 2. The van der Waals surface area contributed by atoms with Crippen LogP contribution in [0.2, 0.25) is 0 Å². The highest BCUT2D eigenvalue weighted by atomic mass is 16.5. The number of anilines is 1. The molecule has 0 saturated heterocycles. The molecular formula is C15H18N4O3. The monoisotopic (exact) mass is 302 g/mol. The largest absolute Gasteiger partial charge is 0.497 e. The van der Waals surface area contributed by atoms with E-state index >= 15 is 0 Å². The Bertz CT molecular complexity index is 602. The number of rotatable bonds is 6. The van der Waals surface area contributed by atoms with Crippen LogP contribution in [0.15, 0.2) is 36.0 Å². The predicted octanol–water partition coefficient (Wildman–Crippen LogP) is 0.848. The first-order valence-electron chi connectivity index (χ1n) is 6.56. The van der Waals surface area contributed by atoms with Gasteiger partial charge in [0.1, 0.15) is 17.4 Å². The minimum atomic E-state index is -0.601. The van der Waals surface area contributed by atoms with Crippen LogP contribution in [0.1, 0.15) is 6.92 Å². The third kappa shape index (κ3) is 4.92. The quantitative estimate of drug-likeness (QED) is 0.598. The van der Waals surface area contributed by atoms with Crippen molar-refractivity contribution in [3.05, 3.63) is 36.0 Å². The van der Waals surface area contributed by atoms with E-state index in [9.17, 15) is 9.59 Å². The van der Waals surface area contributed by atoms with Crippen LogP contribution in [0.4, 0.5) is 5.69 Å². The molecule has 0 atom stereocenters. The topological polar surface area (TPSA) is 108 Å². The minimum Gasteiger partial charge on any atom is -0.497 e. The number of nitrogens with one attached hydrogen (secondary N) is 1. The van der Waals surface area contributed by atoms with E-state index < -0.39 is 5.91 Å². The number of carbonyl (C=O) groups is 2. The highest BCUT2D eigenvalue weighted by Crippen LogP contribution is 2.15. The van der Waals surface area contributed by atoms with Gasteiger partial charge in [0.2, 0.25) is 5.91 Å². The standard InChI is InChI=1S/C15H18N4O3/c1-11(20)19(8-7-16)10-12(9-17)15(21)18-13-3-5-14(22-2)6-4-13/h3-6,10H,7-8,16H2,1-2H3,(H,18,21)/b12-10-. The zero-order chi connectivity index (χ0) is 16.5. The summed E-state index contributed by atoms with van der Waals surface area (Å²) in [5, 5.41) is 11.7. The highest BCUT2D eigenvalue weighted by molar-refractivity contribution is 6.06. The molecule has 1 rings (SSSR count). The summed E-state index contributed by atoms with van der Waals surface area (Å²) in [6.07, 6.45) is 1.20. The average Bonchev–Trinajstić information content (AvgIpc) is 2.51. The Balaban J connectivity index is 2.87. The van der Waals surface area contributed by atoms with Gasteiger partial charge in [-0.1, -0.05) is 0 Å².